The summed E-state index contributed by atoms with van der Waals surface area (Å²) in [6, 6.07) is 8.75. The Morgan fingerprint density at radius 3 is 3.00 bits per heavy atom. The topological polar surface area (TPSA) is 67.9 Å². The van der Waals surface area contributed by atoms with Crippen LogP contribution in [0.4, 0.5) is 5.69 Å². The summed E-state index contributed by atoms with van der Waals surface area (Å²) in [5.74, 6) is 1.14. The standard InChI is InChI=1S/C17H16N2O4S/c20-16-6-4-13(19(16)9-12-2-1-7-24-12)17(21)18-11-3-5-14-15(8-11)23-10-22-14/h1-3,5,7-8,13H,4,6,9-10H2,(H,18,21). The van der Waals surface area contributed by atoms with Gasteiger partial charge in [0.1, 0.15) is 6.04 Å². The summed E-state index contributed by atoms with van der Waals surface area (Å²) in [7, 11) is 0. The number of carbonyl (C=O) groups excluding carboxylic acids is 2. The lowest BCUT2D eigenvalue weighted by molar-refractivity contribution is -0.133. The third kappa shape index (κ3) is 2.82. The molecule has 1 unspecified atom stereocenters. The van der Waals surface area contributed by atoms with Crippen LogP contribution in [0, 0.1) is 0 Å². The minimum Gasteiger partial charge on any atom is -0.454 e. The molecule has 24 heavy (non-hydrogen) atoms. The maximum Gasteiger partial charge on any atom is 0.247 e. The molecule has 2 aromatic rings. The zero-order chi connectivity index (χ0) is 16.5. The van der Waals surface area contributed by atoms with Crippen LogP contribution < -0.4 is 14.8 Å². The first-order valence-electron chi connectivity index (χ1n) is 7.73. The predicted octanol–water partition coefficient (Wildman–Crippen LogP) is 2.61. The number of nitrogens with zero attached hydrogens (tertiary/aromatic N) is 1. The Morgan fingerprint density at radius 2 is 2.17 bits per heavy atom. The predicted molar refractivity (Wildman–Crippen MR) is 89.1 cm³/mol. The third-order valence-corrected chi connectivity index (χ3v) is 5.04. The van der Waals surface area contributed by atoms with Crippen molar-refractivity contribution in [3.8, 4) is 11.5 Å². The number of nitrogens with one attached hydrogen (secondary N) is 1. The summed E-state index contributed by atoms with van der Waals surface area (Å²) >= 11 is 1.59. The van der Waals surface area contributed by atoms with Gasteiger partial charge in [-0.25, -0.2) is 0 Å². The van der Waals surface area contributed by atoms with E-state index >= 15 is 0 Å². The summed E-state index contributed by atoms with van der Waals surface area (Å²) < 4.78 is 10.6. The van der Waals surface area contributed by atoms with E-state index in [-0.39, 0.29) is 18.6 Å². The van der Waals surface area contributed by atoms with Crippen molar-refractivity contribution in [2.45, 2.75) is 25.4 Å². The van der Waals surface area contributed by atoms with Crippen LogP contribution >= 0.6 is 11.3 Å². The summed E-state index contributed by atoms with van der Waals surface area (Å²) in [6.07, 6.45) is 0.950. The number of anilines is 1. The highest BCUT2D eigenvalue weighted by Gasteiger charge is 2.36. The van der Waals surface area contributed by atoms with Gasteiger partial charge in [-0.1, -0.05) is 6.07 Å². The van der Waals surface area contributed by atoms with Gasteiger partial charge < -0.3 is 19.7 Å². The van der Waals surface area contributed by atoms with Gasteiger partial charge in [-0.15, -0.1) is 11.3 Å². The fraction of sp³-hybridized carbons (Fsp3) is 0.294. The second kappa shape index (κ2) is 6.16. The van der Waals surface area contributed by atoms with E-state index in [2.05, 4.69) is 5.32 Å². The summed E-state index contributed by atoms with van der Waals surface area (Å²) in [5, 5.41) is 4.85. The minimum atomic E-state index is -0.440. The first-order valence-corrected chi connectivity index (χ1v) is 8.61. The lowest BCUT2D eigenvalue weighted by atomic mass is 10.2. The van der Waals surface area contributed by atoms with Crippen LogP contribution in [0.1, 0.15) is 17.7 Å². The van der Waals surface area contributed by atoms with Crippen LogP contribution in [0.2, 0.25) is 0 Å². The maximum atomic E-state index is 12.6. The lowest BCUT2D eigenvalue weighted by Gasteiger charge is -2.23. The van der Waals surface area contributed by atoms with E-state index in [1.54, 1.807) is 34.4 Å². The summed E-state index contributed by atoms with van der Waals surface area (Å²) in [4.78, 5) is 27.5. The van der Waals surface area contributed by atoms with Crippen molar-refractivity contribution in [1.29, 1.82) is 0 Å². The smallest absolute Gasteiger partial charge is 0.247 e. The number of benzene rings is 1. The Labute approximate surface area is 143 Å². The zero-order valence-electron chi connectivity index (χ0n) is 12.9. The average molecular weight is 344 g/mol. The Bertz CT molecular complexity index is 775. The summed E-state index contributed by atoms with van der Waals surface area (Å²) in [5.41, 5.74) is 0.639. The molecule has 3 heterocycles. The zero-order valence-corrected chi connectivity index (χ0v) is 13.7. The number of fused-ring (bicyclic) bond motifs is 1. The molecule has 1 N–H and O–H groups in total. The number of amides is 2. The third-order valence-electron chi connectivity index (χ3n) is 4.18. The van der Waals surface area contributed by atoms with Crippen LogP contribution in [-0.4, -0.2) is 29.5 Å². The Hall–Kier alpha value is -2.54. The second-order valence-electron chi connectivity index (χ2n) is 5.71. The Morgan fingerprint density at radius 1 is 1.29 bits per heavy atom. The SMILES string of the molecule is O=C(Nc1ccc2c(c1)OCO2)C1CCC(=O)N1Cc1cccs1. The number of hydrogen-bond acceptors (Lipinski definition) is 5. The molecule has 0 radical (unpaired) electrons. The van der Waals surface area contributed by atoms with Crippen LogP contribution in [0.5, 0.6) is 11.5 Å². The molecule has 2 aliphatic heterocycles. The molecule has 0 saturated carbocycles. The first-order chi connectivity index (χ1) is 11.7. The van der Waals surface area contributed by atoms with Crippen molar-refractivity contribution >= 4 is 28.8 Å². The van der Waals surface area contributed by atoms with E-state index in [4.69, 9.17) is 9.47 Å². The first kappa shape index (κ1) is 15.0. The van der Waals surface area contributed by atoms with Gasteiger partial charge in [0.25, 0.3) is 0 Å². The highest BCUT2D eigenvalue weighted by atomic mass is 32.1. The molecule has 1 atom stereocenters. The fourth-order valence-corrected chi connectivity index (χ4v) is 3.68. The van der Waals surface area contributed by atoms with Crippen molar-refractivity contribution in [3.63, 3.8) is 0 Å². The molecule has 0 bridgehead atoms. The number of ether oxygens (including phenoxy) is 2. The van der Waals surface area contributed by atoms with E-state index in [0.29, 0.717) is 36.6 Å². The molecule has 4 rings (SSSR count). The van der Waals surface area contributed by atoms with Gasteiger partial charge in [-0.05, 0) is 30.0 Å². The molecule has 1 saturated heterocycles. The number of likely N-dealkylation sites (tertiary alicyclic amines) is 1. The molecule has 0 aliphatic carbocycles. The van der Waals surface area contributed by atoms with Gasteiger partial charge in [0, 0.05) is 23.1 Å². The van der Waals surface area contributed by atoms with E-state index in [9.17, 15) is 9.59 Å². The number of thiophene rings is 1. The van der Waals surface area contributed by atoms with Crippen molar-refractivity contribution in [1.82, 2.24) is 4.90 Å². The van der Waals surface area contributed by atoms with Gasteiger partial charge >= 0.3 is 0 Å². The molecule has 7 heteroatoms. The molecule has 6 nitrogen and oxygen atoms in total. The molecular weight excluding hydrogens is 328 g/mol. The van der Waals surface area contributed by atoms with E-state index < -0.39 is 6.04 Å². The fourth-order valence-electron chi connectivity index (χ4n) is 2.97. The van der Waals surface area contributed by atoms with E-state index in [1.165, 1.54) is 0 Å². The molecule has 1 fully saturated rings. The molecule has 0 spiro atoms. The number of rotatable bonds is 4. The highest BCUT2D eigenvalue weighted by Crippen LogP contribution is 2.34. The van der Waals surface area contributed by atoms with E-state index in [0.717, 1.165) is 4.88 Å². The maximum absolute atomic E-state index is 12.6. The van der Waals surface area contributed by atoms with Gasteiger partial charge in [-0.2, -0.15) is 0 Å². The van der Waals surface area contributed by atoms with E-state index in [1.807, 2.05) is 17.5 Å². The molecule has 1 aromatic heterocycles. The van der Waals surface area contributed by atoms with Crippen molar-refractivity contribution < 1.29 is 19.1 Å². The van der Waals surface area contributed by atoms with Crippen molar-refractivity contribution in [2.24, 2.45) is 0 Å². The van der Waals surface area contributed by atoms with Gasteiger partial charge in [-0.3, -0.25) is 9.59 Å². The van der Waals surface area contributed by atoms with Crippen LogP contribution in [-0.2, 0) is 16.1 Å². The number of carbonyl (C=O) groups is 2. The number of hydrogen-bond donors (Lipinski definition) is 1. The quantitative estimate of drug-likeness (QED) is 0.926. The lowest BCUT2D eigenvalue weighted by Crippen LogP contribution is -2.40. The van der Waals surface area contributed by atoms with Gasteiger partial charge in [0.15, 0.2) is 11.5 Å². The molecular formula is C17H16N2O4S. The molecule has 124 valence electrons. The van der Waals surface area contributed by atoms with Crippen molar-refractivity contribution in [2.75, 3.05) is 12.1 Å². The second-order valence-corrected chi connectivity index (χ2v) is 6.75. The monoisotopic (exact) mass is 344 g/mol. The Balaban J connectivity index is 1.47. The van der Waals surface area contributed by atoms with Crippen molar-refractivity contribution in [3.05, 3.63) is 40.6 Å². The van der Waals surface area contributed by atoms with Gasteiger partial charge in [0.2, 0.25) is 18.6 Å². The van der Waals surface area contributed by atoms with Crippen LogP contribution in [0.3, 0.4) is 0 Å². The Kier molecular flexibility index (Phi) is 3.86. The van der Waals surface area contributed by atoms with Crippen LogP contribution in [0.25, 0.3) is 0 Å². The minimum absolute atomic E-state index is 0.0224. The molecule has 2 aliphatic rings. The normalized spacial score (nSPS) is 18.9. The van der Waals surface area contributed by atoms with Gasteiger partial charge in [0.05, 0.1) is 6.54 Å². The average Bonchev–Trinajstić information content (AvgIpc) is 3.30. The highest BCUT2D eigenvalue weighted by molar-refractivity contribution is 7.09. The molecule has 2 amide bonds. The van der Waals surface area contributed by atoms with Crippen LogP contribution in [0.15, 0.2) is 35.7 Å². The summed E-state index contributed by atoms with van der Waals surface area (Å²) in [6.45, 7) is 0.675. The largest absolute Gasteiger partial charge is 0.454 e. The molecule has 1 aromatic carbocycles.